The van der Waals surface area contributed by atoms with Crippen LogP contribution in [-0.4, -0.2) is 5.24 Å². The van der Waals surface area contributed by atoms with E-state index in [1.165, 1.54) is 6.07 Å². The highest BCUT2D eigenvalue weighted by Crippen LogP contribution is 2.25. The van der Waals surface area contributed by atoms with Crippen molar-refractivity contribution in [2.45, 2.75) is 0 Å². The molecule has 0 N–H and O–H groups in total. The van der Waals surface area contributed by atoms with Gasteiger partial charge in [-0.05, 0) is 39.7 Å². The molecule has 5 heteroatoms. The zero-order valence-corrected chi connectivity index (χ0v) is 8.67. The molecule has 0 saturated heterocycles. The highest BCUT2D eigenvalue weighted by molar-refractivity contribution is 9.10. The Bertz CT molecular complexity index is 340. The third kappa shape index (κ3) is 1.97. The Hall–Kier alpha value is -0.120. The van der Waals surface area contributed by atoms with Crippen LogP contribution in [0, 0.1) is 5.82 Å². The number of hydrogen-bond donors (Lipinski definition) is 0. The van der Waals surface area contributed by atoms with Crippen LogP contribution in [-0.2, 0) is 0 Å². The van der Waals surface area contributed by atoms with Crippen LogP contribution in [0.15, 0.2) is 16.6 Å². The van der Waals surface area contributed by atoms with E-state index in [0.717, 1.165) is 6.07 Å². The van der Waals surface area contributed by atoms with E-state index in [4.69, 9.17) is 23.2 Å². The third-order valence-corrected chi connectivity index (χ3v) is 2.35. The highest BCUT2D eigenvalue weighted by Gasteiger charge is 2.11. The molecular formula is C7H2BrCl2FO. The molecule has 0 aliphatic carbocycles. The van der Waals surface area contributed by atoms with Crippen LogP contribution in [0.3, 0.4) is 0 Å². The molecule has 0 aliphatic heterocycles. The SMILES string of the molecule is O=C(Cl)c1cc(F)c(Br)cc1Cl. The zero-order valence-electron chi connectivity index (χ0n) is 5.57. The molecule has 0 fully saturated rings. The first-order valence-corrected chi connectivity index (χ1v) is 4.41. The lowest BCUT2D eigenvalue weighted by Crippen LogP contribution is -1.92. The summed E-state index contributed by atoms with van der Waals surface area (Å²) >= 11 is 13.6. The molecule has 0 unspecified atom stereocenters. The molecule has 64 valence electrons. The van der Waals surface area contributed by atoms with Crippen LogP contribution in [0.4, 0.5) is 4.39 Å². The Morgan fingerprint density at radius 3 is 2.58 bits per heavy atom. The van der Waals surface area contributed by atoms with Crippen molar-refractivity contribution in [1.29, 1.82) is 0 Å². The maximum Gasteiger partial charge on any atom is 0.254 e. The molecule has 0 aliphatic rings. The maximum atomic E-state index is 12.8. The van der Waals surface area contributed by atoms with Gasteiger partial charge < -0.3 is 0 Å². The second-order valence-electron chi connectivity index (χ2n) is 2.02. The minimum absolute atomic E-state index is 0.0287. The molecule has 0 saturated carbocycles. The molecule has 1 aromatic rings. The topological polar surface area (TPSA) is 17.1 Å². The first kappa shape index (κ1) is 9.96. The van der Waals surface area contributed by atoms with Gasteiger partial charge in [0.05, 0.1) is 15.1 Å². The molecule has 0 spiro atoms. The standard InChI is InChI=1S/C7H2BrCl2FO/c8-4-2-5(9)3(7(10)12)1-6(4)11/h1-2H. The molecular weight excluding hydrogens is 270 g/mol. The van der Waals surface area contributed by atoms with Gasteiger partial charge in [-0.1, -0.05) is 11.6 Å². The largest absolute Gasteiger partial charge is 0.276 e. The molecule has 0 aromatic heterocycles. The number of rotatable bonds is 1. The van der Waals surface area contributed by atoms with Crippen molar-refractivity contribution >= 4 is 44.4 Å². The maximum absolute atomic E-state index is 12.8. The Balaban J connectivity index is 3.33. The molecule has 1 aromatic carbocycles. The van der Waals surface area contributed by atoms with Crippen LogP contribution in [0.1, 0.15) is 10.4 Å². The molecule has 1 rings (SSSR count). The second-order valence-corrected chi connectivity index (χ2v) is 3.62. The fourth-order valence-corrected chi connectivity index (χ4v) is 1.60. The molecule has 0 amide bonds. The van der Waals surface area contributed by atoms with Gasteiger partial charge in [-0.15, -0.1) is 0 Å². The average molecular weight is 272 g/mol. The van der Waals surface area contributed by atoms with Crippen LogP contribution in [0.5, 0.6) is 0 Å². The smallest absolute Gasteiger partial charge is 0.254 e. The van der Waals surface area contributed by atoms with Crippen molar-refractivity contribution in [2.24, 2.45) is 0 Å². The van der Waals surface area contributed by atoms with E-state index >= 15 is 0 Å². The number of carbonyl (C=O) groups excluding carboxylic acids is 1. The summed E-state index contributed by atoms with van der Waals surface area (Å²) in [5.41, 5.74) is -0.0287. The first-order valence-electron chi connectivity index (χ1n) is 2.86. The van der Waals surface area contributed by atoms with E-state index in [1.807, 2.05) is 0 Å². The van der Waals surface area contributed by atoms with Crippen LogP contribution < -0.4 is 0 Å². The summed E-state index contributed by atoms with van der Waals surface area (Å²) in [4.78, 5) is 10.6. The lowest BCUT2D eigenvalue weighted by molar-refractivity contribution is 0.108. The Kier molecular flexibility index (Phi) is 3.09. The van der Waals surface area contributed by atoms with E-state index in [2.05, 4.69) is 15.9 Å². The minimum Gasteiger partial charge on any atom is -0.276 e. The summed E-state index contributed by atoms with van der Waals surface area (Å²) in [5.74, 6) is -0.566. The summed E-state index contributed by atoms with van der Waals surface area (Å²) in [6.07, 6.45) is 0. The number of halogens is 4. The fourth-order valence-electron chi connectivity index (χ4n) is 0.673. The molecule has 12 heavy (non-hydrogen) atoms. The van der Waals surface area contributed by atoms with Crippen molar-refractivity contribution in [1.82, 2.24) is 0 Å². The van der Waals surface area contributed by atoms with Gasteiger partial charge in [-0.2, -0.15) is 0 Å². The van der Waals surface area contributed by atoms with Gasteiger partial charge in [0.15, 0.2) is 0 Å². The zero-order chi connectivity index (χ0) is 9.30. The second kappa shape index (κ2) is 3.73. The van der Waals surface area contributed by atoms with Crippen LogP contribution in [0.25, 0.3) is 0 Å². The molecule has 0 heterocycles. The van der Waals surface area contributed by atoms with Gasteiger partial charge in [0.25, 0.3) is 5.24 Å². The average Bonchev–Trinajstić information content (AvgIpc) is 1.96. The summed E-state index contributed by atoms with van der Waals surface area (Å²) in [7, 11) is 0. The van der Waals surface area contributed by atoms with Crippen molar-refractivity contribution in [2.75, 3.05) is 0 Å². The van der Waals surface area contributed by atoms with Crippen molar-refractivity contribution in [3.05, 3.63) is 33.0 Å². The van der Waals surface area contributed by atoms with Crippen molar-refractivity contribution in [3.63, 3.8) is 0 Å². The van der Waals surface area contributed by atoms with E-state index in [-0.39, 0.29) is 15.1 Å². The summed E-state index contributed by atoms with van der Waals surface area (Å²) in [6.45, 7) is 0. The van der Waals surface area contributed by atoms with Gasteiger partial charge in [0, 0.05) is 0 Å². The number of carbonyl (C=O) groups is 1. The summed E-state index contributed by atoms with van der Waals surface area (Å²) in [5, 5.41) is -0.644. The predicted molar refractivity (Wildman–Crippen MR) is 49.3 cm³/mol. The molecule has 0 atom stereocenters. The number of hydrogen-bond acceptors (Lipinski definition) is 1. The van der Waals surface area contributed by atoms with Gasteiger partial charge >= 0.3 is 0 Å². The van der Waals surface area contributed by atoms with Crippen LogP contribution in [0.2, 0.25) is 5.02 Å². The quantitative estimate of drug-likeness (QED) is 0.563. The van der Waals surface area contributed by atoms with E-state index in [0.29, 0.717) is 0 Å². The van der Waals surface area contributed by atoms with E-state index < -0.39 is 11.1 Å². The van der Waals surface area contributed by atoms with Crippen molar-refractivity contribution < 1.29 is 9.18 Å². The van der Waals surface area contributed by atoms with Crippen molar-refractivity contribution in [3.8, 4) is 0 Å². The van der Waals surface area contributed by atoms with E-state index in [1.54, 1.807) is 0 Å². The van der Waals surface area contributed by atoms with Gasteiger partial charge in [-0.25, -0.2) is 4.39 Å². The molecule has 0 radical (unpaired) electrons. The monoisotopic (exact) mass is 270 g/mol. The Labute approximate surface area is 86.6 Å². The predicted octanol–water partition coefficient (Wildman–Crippen LogP) is 3.62. The first-order chi connectivity index (χ1) is 5.52. The lowest BCUT2D eigenvalue weighted by Gasteiger charge is -1.99. The fraction of sp³-hybridized carbons (Fsp3) is 0. The highest BCUT2D eigenvalue weighted by atomic mass is 79.9. The lowest BCUT2D eigenvalue weighted by atomic mass is 10.2. The van der Waals surface area contributed by atoms with E-state index in [9.17, 15) is 9.18 Å². The number of benzene rings is 1. The van der Waals surface area contributed by atoms with Gasteiger partial charge in [-0.3, -0.25) is 4.79 Å². The third-order valence-electron chi connectivity index (χ3n) is 1.22. The van der Waals surface area contributed by atoms with Gasteiger partial charge in [0.1, 0.15) is 5.82 Å². The van der Waals surface area contributed by atoms with Gasteiger partial charge in [0.2, 0.25) is 0 Å². The normalized spacial score (nSPS) is 10.0. The molecule has 0 bridgehead atoms. The minimum atomic E-state index is -0.772. The summed E-state index contributed by atoms with van der Waals surface area (Å²) in [6, 6.07) is 2.27. The summed E-state index contributed by atoms with van der Waals surface area (Å²) < 4.78 is 13.0. The van der Waals surface area contributed by atoms with Crippen LogP contribution >= 0.6 is 39.1 Å². The molecule has 1 nitrogen and oxygen atoms in total. The Morgan fingerprint density at radius 2 is 2.08 bits per heavy atom. The Morgan fingerprint density at radius 1 is 1.50 bits per heavy atom.